The Balaban J connectivity index is 1.16. The van der Waals surface area contributed by atoms with Crippen LogP contribution >= 0.6 is 0 Å². The Kier molecular flexibility index (Phi) is 11.2. The number of aliphatic hydroxyl groups excluding tert-OH is 3. The lowest BCUT2D eigenvalue weighted by Crippen LogP contribution is -2.62. The summed E-state index contributed by atoms with van der Waals surface area (Å²) in [6.45, 7) is 2.39. The standard InChI is InChI=1S/C45H61NO7/c1-3-4-5-11-27-12-8-16-30(22-27)32-19-20-33-34(32)24-37-39-35(25-47)43(44-42(51-2)36(26-48)45(50)53-44)52-38(39)18-10-21-46(37)40(33)41(49)31-17-9-15-29(23-31)28-13-6-7-14-28/h8-9,12,16-18,22,28-29,31-35,37,39-41,47-49H,3-7,10-11,13-15,19-21,23-26H2,1-2H3. The van der Waals surface area contributed by atoms with Crippen LogP contribution < -0.4 is 0 Å². The molecule has 0 bridgehead atoms. The summed E-state index contributed by atoms with van der Waals surface area (Å²) in [5.74, 6) is 2.97. The summed E-state index contributed by atoms with van der Waals surface area (Å²) >= 11 is 0. The zero-order valence-corrected chi connectivity index (χ0v) is 31.8. The van der Waals surface area contributed by atoms with E-state index in [1.165, 1.54) is 63.2 Å². The lowest BCUT2D eigenvalue weighted by atomic mass is 9.66. The highest BCUT2D eigenvalue weighted by Gasteiger charge is 2.58. The van der Waals surface area contributed by atoms with Gasteiger partial charge in [-0.1, -0.05) is 81.9 Å². The van der Waals surface area contributed by atoms with Crippen LogP contribution in [-0.4, -0.2) is 71.2 Å². The van der Waals surface area contributed by atoms with Gasteiger partial charge in [0, 0.05) is 30.5 Å². The molecule has 4 heterocycles. The van der Waals surface area contributed by atoms with Crippen molar-refractivity contribution in [3.05, 3.63) is 82.2 Å². The summed E-state index contributed by atoms with van der Waals surface area (Å²) in [6.07, 6.45) is 22.7. The minimum absolute atomic E-state index is 0.00278. The number of aryl methyl sites for hydroxylation is 1. The van der Waals surface area contributed by atoms with Crippen LogP contribution in [0.2, 0.25) is 0 Å². The van der Waals surface area contributed by atoms with Crippen LogP contribution in [0.25, 0.3) is 0 Å². The lowest BCUT2D eigenvalue weighted by Gasteiger charge is -2.53. The van der Waals surface area contributed by atoms with Gasteiger partial charge in [0.2, 0.25) is 5.76 Å². The Morgan fingerprint density at radius 1 is 1.02 bits per heavy atom. The highest BCUT2D eigenvalue weighted by molar-refractivity contribution is 5.94. The van der Waals surface area contributed by atoms with Crippen LogP contribution in [-0.2, 0) is 25.4 Å². The highest BCUT2D eigenvalue weighted by atomic mass is 16.6. The van der Waals surface area contributed by atoms with Crippen LogP contribution in [0.15, 0.2) is 71.1 Å². The van der Waals surface area contributed by atoms with Crippen LogP contribution in [0.5, 0.6) is 0 Å². The predicted octanol–water partition coefficient (Wildman–Crippen LogP) is 7.31. The average Bonchev–Trinajstić information content (AvgIpc) is 3.98. The van der Waals surface area contributed by atoms with E-state index in [1.54, 1.807) is 0 Å². The largest absolute Gasteiger partial charge is 0.492 e. The normalized spacial score (nSPS) is 36.4. The molecule has 1 aromatic carbocycles. The van der Waals surface area contributed by atoms with Gasteiger partial charge in [-0.05, 0) is 98.2 Å². The summed E-state index contributed by atoms with van der Waals surface area (Å²) in [5, 5.41) is 33.9. The molecule has 8 rings (SSSR count). The maximum absolute atomic E-state index is 12.8. The Morgan fingerprint density at radius 3 is 2.64 bits per heavy atom. The number of hydrogen-bond donors (Lipinski definition) is 3. The van der Waals surface area contributed by atoms with E-state index in [0.717, 1.165) is 63.2 Å². The van der Waals surface area contributed by atoms with E-state index in [4.69, 9.17) is 14.2 Å². The van der Waals surface area contributed by atoms with Crippen molar-refractivity contribution in [3.63, 3.8) is 0 Å². The van der Waals surface area contributed by atoms with E-state index < -0.39 is 24.6 Å². The van der Waals surface area contributed by atoms with Gasteiger partial charge in [-0.2, -0.15) is 0 Å². The third kappa shape index (κ3) is 6.85. The van der Waals surface area contributed by atoms with Crippen molar-refractivity contribution in [1.82, 2.24) is 4.90 Å². The summed E-state index contributed by atoms with van der Waals surface area (Å²) in [6, 6.07) is 9.37. The number of unbranched alkanes of at least 4 members (excludes halogenated alkanes) is 2. The summed E-state index contributed by atoms with van der Waals surface area (Å²) in [4.78, 5) is 15.4. The van der Waals surface area contributed by atoms with Crippen LogP contribution in [0.4, 0.5) is 0 Å². The van der Waals surface area contributed by atoms with Crippen molar-refractivity contribution in [2.75, 3.05) is 26.9 Å². The van der Waals surface area contributed by atoms with Crippen LogP contribution in [0.1, 0.15) is 107 Å². The first-order valence-electron chi connectivity index (χ1n) is 21.0. The van der Waals surface area contributed by atoms with Gasteiger partial charge in [0.1, 0.15) is 11.3 Å². The summed E-state index contributed by atoms with van der Waals surface area (Å²) < 4.78 is 17.9. The lowest BCUT2D eigenvalue weighted by molar-refractivity contribution is -0.134. The Bertz CT molecular complexity index is 1620. The fraction of sp³-hybridized carbons (Fsp3) is 0.667. The maximum Gasteiger partial charge on any atom is 0.345 e. The number of carbonyl (C=O) groups is 1. The third-order valence-electron chi connectivity index (χ3n) is 14.5. The molecule has 2 saturated carbocycles. The number of fused-ring (bicyclic) bond motifs is 4. The molecule has 53 heavy (non-hydrogen) atoms. The van der Waals surface area contributed by atoms with Gasteiger partial charge in [0.15, 0.2) is 11.5 Å². The zero-order chi connectivity index (χ0) is 36.6. The van der Waals surface area contributed by atoms with Crippen molar-refractivity contribution < 1.29 is 34.3 Å². The topological polar surface area (TPSA) is 109 Å². The molecule has 7 aliphatic rings. The second-order valence-electron chi connectivity index (χ2n) is 17.2. The van der Waals surface area contributed by atoms with Crippen molar-refractivity contribution in [1.29, 1.82) is 0 Å². The monoisotopic (exact) mass is 727 g/mol. The number of esters is 1. The second-order valence-corrected chi connectivity index (χ2v) is 17.2. The maximum atomic E-state index is 12.8. The number of nitrogens with zero attached hydrogens (tertiary/aromatic N) is 1. The Hall–Kier alpha value is -2.91. The van der Waals surface area contributed by atoms with E-state index in [2.05, 4.69) is 54.3 Å². The number of methoxy groups -OCH3 is 1. The van der Waals surface area contributed by atoms with E-state index in [9.17, 15) is 20.1 Å². The van der Waals surface area contributed by atoms with E-state index in [0.29, 0.717) is 29.4 Å². The van der Waals surface area contributed by atoms with Crippen molar-refractivity contribution in [3.8, 4) is 0 Å². The first-order valence-corrected chi connectivity index (χ1v) is 21.0. The molecule has 288 valence electrons. The van der Waals surface area contributed by atoms with E-state index in [1.807, 2.05) is 0 Å². The third-order valence-corrected chi connectivity index (χ3v) is 14.5. The Morgan fingerprint density at radius 2 is 1.87 bits per heavy atom. The van der Waals surface area contributed by atoms with Crippen molar-refractivity contribution in [2.45, 2.75) is 121 Å². The van der Waals surface area contributed by atoms with E-state index in [-0.39, 0.29) is 47.6 Å². The molecule has 0 spiro atoms. The molecule has 8 nitrogen and oxygen atoms in total. The molecule has 1 aromatic rings. The number of aliphatic hydroxyl groups is 3. The summed E-state index contributed by atoms with van der Waals surface area (Å²) in [5.41, 5.74) is 2.92. The van der Waals surface area contributed by atoms with Crippen LogP contribution in [0.3, 0.4) is 0 Å². The minimum atomic E-state index is -0.652. The van der Waals surface area contributed by atoms with Gasteiger partial charge in [-0.15, -0.1) is 0 Å². The predicted molar refractivity (Wildman–Crippen MR) is 203 cm³/mol. The van der Waals surface area contributed by atoms with Gasteiger partial charge >= 0.3 is 5.97 Å². The molecule has 3 N–H and O–H groups in total. The molecule has 4 aliphatic heterocycles. The molecule has 0 aromatic heterocycles. The number of benzene rings is 1. The number of piperidine rings is 1. The quantitative estimate of drug-likeness (QED) is 0.124. The second kappa shape index (κ2) is 16.1. The molecule has 4 fully saturated rings. The molecule has 3 aliphatic carbocycles. The molecule has 0 amide bonds. The number of carbonyl (C=O) groups excluding carboxylic acids is 1. The van der Waals surface area contributed by atoms with Gasteiger partial charge in [0.25, 0.3) is 0 Å². The van der Waals surface area contributed by atoms with Gasteiger partial charge in [-0.25, -0.2) is 4.79 Å². The first-order chi connectivity index (χ1) is 25.9. The number of cyclic esters (lactones) is 1. The molecular formula is C45H61NO7. The molecule has 2 saturated heterocycles. The van der Waals surface area contributed by atoms with Crippen molar-refractivity contribution >= 4 is 5.97 Å². The molecule has 10 atom stereocenters. The van der Waals surface area contributed by atoms with Crippen molar-refractivity contribution in [2.24, 2.45) is 41.4 Å². The highest BCUT2D eigenvalue weighted by Crippen LogP contribution is 2.58. The van der Waals surface area contributed by atoms with Gasteiger partial charge < -0.3 is 29.5 Å². The smallest absolute Gasteiger partial charge is 0.345 e. The molecule has 10 unspecified atom stereocenters. The minimum Gasteiger partial charge on any atom is -0.492 e. The first kappa shape index (κ1) is 37.0. The van der Waals surface area contributed by atoms with Gasteiger partial charge in [0.05, 0.1) is 32.3 Å². The fourth-order valence-corrected chi connectivity index (χ4v) is 12.1. The Labute approximate surface area is 316 Å². The van der Waals surface area contributed by atoms with Gasteiger partial charge in [-0.3, -0.25) is 4.90 Å². The van der Waals surface area contributed by atoms with E-state index >= 15 is 0 Å². The molecule has 8 heteroatoms. The zero-order valence-electron chi connectivity index (χ0n) is 31.8. The number of rotatable bonds is 11. The molecule has 0 radical (unpaired) electrons. The SMILES string of the molecule is CCCCCc1cccc(C2CCC3C2CC2C4C(=CCCN2C3C(O)C2C=CCC(C3CCCC3)C2)OC(=C2OC(=O)C(CO)=C2OC)C4CO)c1. The van der Waals surface area contributed by atoms with Crippen LogP contribution in [0, 0.1) is 41.4 Å². The number of hydrogen-bond acceptors (Lipinski definition) is 8. The molecular weight excluding hydrogens is 666 g/mol. The summed E-state index contributed by atoms with van der Waals surface area (Å²) in [7, 11) is 1.46. The number of ether oxygens (including phenoxy) is 3. The number of allylic oxidation sites excluding steroid dienone is 1. The fourth-order valence-electron chi connectivity index (χ4n) is 12.1. The average molecular weight is 728 g/mol.